The lowest BCUT2D eigenvalue weighted by molar-refractivity contribution is 1.03. The molecule has 0 saturated heterocycles. The highest BCUT2D eigenvalue weighted by molar-refractivity contribution is 6.16. The fourth-order valence-corrected chi connectivity index (χ4v) is 8.40. The Bertz CT molecular complexity index is 3230. The third-order valence-electron chi connectivity index (χ3n) is 11.5. The Morgan fingerprint density at radius 2 is 1.06 bits per heavy atom. The monoisotopic (exact) mass is 826 g/mol. The Morgan fingerprint density at radius 1 is 0.531 bits per heavy atom. The van der Waals surface area contributed by atoms with Gasteiger partial charge in [0.15, 0.2) is 5.82 Å². The second kappa shape index (κ2) is 19.0. The van der Waals surface area contributed by atoms with Crippen LogP contribution in [0, 0.1) is 0 Å². The van der Waals surface area contributed by atoms with Gasteiger partial charge < -0.3 is 0 Å². The van der Waals surface area contributed by atoms with Crippen molar-refractivity contribution in [2.45, 2.75) is 33.6 Å². The van der Waals surface area contributed by atoms with Gasteiger partial charge in [0.2, 0.25) is 0 Å². The van der Waals surface area contributed by atoms with E-state index in [2.05, 4.69) is 200 Å². The van der Waals surface area contributed by atoms with Crippen LogP contribution < -0.4 is 0 Å². The number of benzene rings is 7. The van der Waals surface area contributed by atoms with Crippen LogP contribution in [-0.4, -0.2) is 20.4 Å². The summed E-state index contributed by atoms with van der Waals surface area (Å²) in [6.45, 7) is 10.5. The van der Waals surface area contributed by atoms with Crippen molar-refractivity contribution >= 4 is 44.5 Å². The summed E-state index contributed by atoms with van der Waals surface area (Å²) in [6, 6.07) is 65.9. The molecule has 2 aromatic heterocycles. The van der Waals surface area contributed by atoms with Gasteiger partial charge in [-0.25, -0.2) is 15.0 Å². The van der Waals surface area contributed by atoms with Gasteiger partial charge in [-0.2, -0.15) is 0 Å². The van der Waals surface area contributed by atoms with E-state index in [4.69, 9.17) is 15.0 Å². The predicted octanol–water partition coefficient (Wildman–Crippen LogP) is 16.0. The number of fused-ring (bicyclic) bond motifs is 3. The molecule has 0 radical (unpaired) electrons. The molecule has 2 heterocycles. The van der Waals surface area contributed by atoms with Gasteiger partial charge in [0.1, 0.15) is 5.84 Å². The molecule has 0 fully saturated rings. The summed E-state index contributed by atoms with van der Waals surface area (Å²) < 4.78 is 2.28. The maximum absolute atomic E-state index is 5.41. The van der Waals surface area contributed by atoms with E-state index in [0.29, 0.717) is 5.82 Å². The summed E-state index contributed by atoms with van der Waals surface area (Å²) >= 11 is 0. The topological polar surface area (TPSA) is 43.1 Å². The van der Waals surface area contributed by atoms with E-state index in [1.54, 1.807) is 0 Å². The van der Waals surface area contributed by atoms with Crippen molar-refractivity contribution in [3.05, 3.63) is 236 Å². The standard InChI is InChI=1S/C58H44N4.C2H6/c1-40(42-19-8-3-9-20-42)35-53(44-23-12-5-13-24-44)59-41(2)62-56-33-31-49(48-30-18-29-47(36-48)43-21-10-4-11-22-43)37-51(56)52-38-50(32-34-57(52)62)58-60-54(45-25-14-6-15-26-45)39-55(61-58)46-27-16-7-17-28-46;1-2/h3-6,8-16,18-39H,1,7,17H2,2H3;1-2H3/b53-35-,59-41?;. The van der Waals surface area contributed by atoms with Crippen LogP contribution in [0.3, 0.4) is 0 Å². The van der Waals surface area contributed by atoms with Crippen molar-refractivity contribution < 1.29 is 0 Å². The summed E-state index contributed by atoms with van der Waals surface area (Å²) in [5, 5.41) is 2.22. The second-order valence-corrected chi connectivity index (χ2v) is 15.7. The molecule has 0 unspecified atom stereocenters. The zero-order valence-electron chi connectivity index (χ0n) is 36.6. The Hall–Kier alpha value is -7.95. The average molecular weight is 827 g/mol. The van der Waals surface area contributed by atoms with Crippen LogP contribution in [0.1, 0.15) is 50.4 Å². The molecule has 0 N–H and O–H groups in total. The zero-order chi connectivity index (χ0) is 43.8. The number of hydrogen-bond donors (Lipinski definition) is 0. The highest BCUT2D eigenvalue weighted by Gasteiger charge is 2.18. The van der Waals surface area contributed by atoms with Gasteiger partial charge in [0.25, 0.3) is 0 Å². The molecule has 0 amide bonds. The van der Waals surface area contributed by atoms with E-state index >= 15 is 0 Å². The van der Waals surface area contributed by atoms with Crippen LogP contribution in [0.5, 0.6) is 0 Å². The lowest BCUT2D eigenvalue weighted by atomic mass is 9.98. The SMILES string of the molecule is C=C(/C=C(\N=C(C)n1c2ccc(-c3cccc(-c4ccccc4)c3)cc2c2cc(-c3nc(C4=CCCC=C4)cc(-c4ccccc4)n3)ccc21)c1ccccc1)c1ccccc1.CC. The summed E-state index contributed by atoms with van der Waals surface area (Å²) in [6.07, 6.45) is 10.8. The average Bonchev–Trinajstić information content (AvgIpc) is 3.71. The van der Waals surface area contributed by atoms with Crippen LogP contribution in [0.4, 0.5) is 0 Å². The quantitative estimate of drug-likeness (QED) is 0.0826. The lowest BCUT2D eigenvalue weighted by Crippen LogP contribution is -2.07. The van der Waals surface area contributed by atoms with Crippen LogP contribution in [0.2, 0.25) is 0 Å². The highest BCUT2D eigenvalue weighted by atomic mass is 15.1. The predicted molar refractivity (Wildman–Crippen MR) is 273 cm³/mol. The van der Waals surface area contributed by atoms with Crippen molar-refractivity contribution in [2.75, 3.05) is 0 Å². The molecule has 1 aliphatic carbocycles. The van der Waals surface area contributed by atoms with Gasteiger partial charge in [0.05, 0.1) is 28.1 Å². The molecule has 4 heteroatoms. The van der Waals surface area contributed by atoms with Gasteiger partial charge in [-0.3, -0.25) is 4.57 Å². The minimum Gasteiger partial charge on any atom is -0.297 e. The van der Waals surface area contributed by atoms with E-state index in [1.165, 1.54) is 11.1 Å². The van der Waals surface area contributed by atoms with Gasteiger partial charge in [-0.05, 0) is 107 Å². The fourth-order valence-electron chi connectivity index (χ4n) is 8.40. The van der Waals surface area contributed by atoms with E-state index in [1.807, 2.05) is 44.2 Å². The first-order valence-electron chi connectivity index (χ1n) is 22.2. The highest BCUT2D eigenvalue weighted by Crippen LogP contribution is 2.37. The third-order valence-corrected chi connectivity index (χ3v) is 11.5. The number of aliphatic imine (C=N–C) groups is 1. The normalized spacial score (nSPS) is 12.8. The second-order valence-electron chi connectivity index (χ2n) is 15.7. The number of rotatable bonds is 9. The first-order chi connectivity index (χ1) is 31.6. The molecular formula is C60H50N4. The van der Waals surface area contributed by atoms with E-state index in [-0.39, 0.29) is 0 Å². The first-order valence-corrected chi connectivity index (χ1v) is 22.2. The van der Waals surface area contributed by atoms with Crippen LogP contribution in [-0.2, 0) is 0 Å². The molecular weight excluding hydrogens is 777 g/mol. The summed E-state index contributed by atoms with van der Waals surface area (Å²) in [4.78, 5) is 15.9. The fraction of sp³-hybridized carbons (Fsp3) is 0.0833. The number of aromatic nitrogens is 3. The Balaban J connectivity index is 0.00000256. The molecule has 0 spiro atoms. The molecule has 310 valence electrons. The lowest BCUT2D eigenvalue weighted by Gasteiger charge is -2.12. The summed E-state index contributed by atoms with van der Waals surface area (Å²) in [5.41, 5.74) is 15.5. The van der Waals surface area contributed by atoms with E-state index in [9.17, 15) is 0 Å². The molecule has 0 bridgehead atoms. The van der Waals surface area contributed by atoms with Gasteiger partial charge in [0, 0.05) is 27.5 Å². The maximum atomic E-state index is 5.41. The molecule has 7 aromatic carbocycles. The van der Waals surface area contributed by atoms with E-state index in [0.717, 1.165) is 102 Å². The molecule has 4 nitrogen and oxygen atoms in total. The Morgan fingerprint density at radius 3 is 1.70 bits per heavy atom. The van der Waals surface area contributed by atoms with Gasteiger partial charge in [-0.1, -0.05) is 184 Å². The Labute approximate surface area is 376 Å². The van der Waals surface area contributed by atoms with Crippen LogP contribution in [0.25, 0.3) is 83.5 Å². The molecule has 64 heavy (non-hydrogen) atoms. The van der Waals surface area contributed by atoms with Crippen molar-refractivity contribution in [1.29, 1.82) is 0 Å². The van der Waals surface area contributed by atoms with Crippen molar-refractivity contribution in [3.63, 3.8) is 0 Å². The van der Waals surface area contributed by atoms with Crippen molar-refractivity contribution in [3.8, 4) is 44.9 Å². The zero-order valence-corrected chi connectivity index (χ0v) is 36.6. The van der Waals surface area contributed by atoms with Crippen LogP contribution >= 0.6 is 0 Å². The third kappa shape index (κ3) is 8.72. The smallest absolute Gasteiger partial charge is 0.160 e. The van der Waals surface area contributed by atoms with Gasteiger partial charge >= 0.3 is 0 Å². The maximum Gasteiger partial charge on any atom is 0.160 e. The number of nitrogens with zero attached hydrogens (tertiary/aromatic N) is 4. The molecule has 0 saturated carbocycles. The largest absolute Gasteiger partial charge is 0.297 e. The van der Waals surface area contributed by atoms with Crippen LogP contribution in [0.15, 0.2) is 224 Å². The number of allylic oxidation sites excluding steroid dienone is 6. The van der Waals surface area contributed by atoms with Gasteiger partial charge in [-0.15, -0.1) is 0 Å². The molecule has 10 rings (SSSR count). The van der Waals surface area contributed by atoms with Crippen molar-refractivity contribution in [2.24, 2.45) is 4.99 Å². The molecule has 0 atom stereocenters. The molecule has 9 aromatic rings. The molecule has 1 aliphatic rings. The minimum absolute atomic E-state index is 0.690. The van der Waals surface area contributed by atoms with Crippen molar-refractivity contribution in [1.82, 2.24) is 14.5 Å². The summed E-state index contributed by atoms with van der Waals surface area (Å²) in [7, 11) is 0. The Kier molecular flexibility index (Phi) is 12.3. The first kappa shape index (κ1) is 41.4. The van der Waals surface area contributed by atoms with E-state index < -0.39 is 0 Å². The molecule has 0 aliphatic heterocycles. The minimum atomic E-state index is 0.690. The number of hydrogen-bond acceptors (Lipinski definition) is 3. The summed E-state index contributed by atoms with van der Waals surface area (Å²) in [5.74, 6) is 1.53.